The Morgan fingerprint density at radius 3 is 2.30 bits per heavy atom. The Labute approximate surface area is 120 Å². The molecule has 0 radical (unpaired) electrons. The molecule has 0 aliphatic heterocycles. The fraction of sp³-hybridized carbons (Fsp3) is 0.462. The van der Waals surface area contributed by atoms with E-state index in [-0.39, 0.29) is 10.7 Å². The zero-order chi connectivity index (χ0) is 15.7. The van der Waals surface area contributed by atoms with Crippen molar-refractivity contribution in [2.45, 2.75) is 33.0 Å². The highest BCUT2D eigenvalue weighted by Gasteiger charge is 2.32. The van der Waals surface area contributed by atoms with Gasteiger partial charge in [-0.15, -0.1) is 0 Å². The highest BCUT2D eigenvalue weighted by atomic mass is 35.5. The minimum absolute atomic E-state index is 0.0208. The van der Waals surface area contributed by atoms with Crippen molar-refractivity contribution in [3.63, 3.8) is 0 Å². The molecule has 3 N–H and O–H groups in total. The normalized spacial score (nSPS) is 14.0. The van der Waals surface area contributed by atoms with Crippen LogP contribution >= 0.6 is 11.6 Å². The van der Waals surface area contributed by atoms with Crippen LogP contribution in [-0.2, 0) is 11.0 Å². The molecule has 0 saturated carbocycles. The van der Waals surface area contributed by atoms with Crippen molar-refractivity contribution in [1.82, 2.24) is 0 Å². The summed E-state index contributed by atoms with van der Waals surface area (Å²) in [7, 11) is 0. The Morgan fingerprint density at radius 1 is 1.30 bits per heavy atom. The summed E-state index contributed by atoms with van der Waals surface area (Å²) >= 11 is 5.79. The Kier molecular flexibility index (Phi) is 4.71. The van der Waals surface area contributed by atoms with E-state index in [1.54, 1.807) is 20.8 Å². The van der Waals surface area contributed by atoms with Gasteiger partial charge in [0.25, 0.3) is 0 Å². The standard InChI is InChI=1S/C13H16ClF3N2O/c1-12(2,3)10(18)11(20)19-9-6-7(13(15,16)17)4-5-8(9)14/h4-6,10H,18H2,1-3H3,(H,19,20)/t10-/m1/s1. The summed E-state index contributed by atoms with van der Waals surface area (Å²) in [6.07, 6.45) is -4.50. The van der Waals surface area contributed by atoms with Crippen LogP contribution in [0, 0.1) is 5.41 Å². The quantitative estimate of drug-likeness (QED) is 0.876. The van der Waals surface area contributed by atoms with E-state index in [0.717, 1.165) is 18.2 Å². The average molecular weight is 309 g/mol. The second kappa shape index (κ2) is 5.61. The van der Waals surface area contributed by atoms with Crippen LogP contribution in [-0.4, -0.2) is 11.9 Å². The van der Waals surface area contributed by atoms with Gasteiger partial charge in [0, 0.05) is 0 Å². The summed E-state index contributed by atoms with van der Waals surface area (Å²) in [5, 5.41) is 2.35. The van der Waals surface area contributed by atoms with Gasteiger partial charge < -0.3 is 11.1 Å². The molecule has 3 nitrogen and oxygen atoms in total. The molecule has 1 rings (SSSR count). The number of nitrogens with one attached hydrogen (secondary N) is 1. The molecule has 0 bridgehead atoms. The van der Waals surface area contributed by atoms with E-state index in [2.05, 4.69) is 5.32 Å². The van der Waals surface area contributed by atoms with Gasteiger partial charge in [-0.3, -0.25) is 4.79 Å². The molecule has 1 aromatic rings. The molecule has 112 valence electrons. The summed E-state index contributed by atoms with van der Waals surface area (Å²) in [5.41, 5.74) is 4.23. The topological polar surface area (TPSA) is 55.1 Å². The van der Waals surface area contributed by atoms with E-state index >= 15 is 0 Å². The fourth-order valence-corrected chi connectivity index (χ4v) is 1.57. The van der Waals surface area contributed by atoms with Crippen molar-refractivity contribution in [1.29, 1.82) is 0 Å². The third-order valence-corrected chi connectivity index (χ3v) is 3.10. The van der Waals surface area contributed by atoms with Gasteiger partial charge in [0.1, 0.15) is 0 Å². The smallest absolute Gasteiger partial charge is 0.323 e. The summed E-state index contributed by atoms with van der Waals surface area (Å²) in [4.78, 5) is 11.9. The van der Waals surface area contributed by atoms with Gasteiger partial charge in [-0.2, -0.15) is 13.2 Å². The lowest BCUT2D eigenvalue weighted by Gasteiger charge is -2.26. The number of nitrogens with two attached hydrogens (primary N) is 1. The lowest BCUT2D eigenvalue weighted by molar-refractivity contribution is -0.137. The van der Waals surface area contributed by atoms with Crippen LogP contribution < -0.4 is 11.1 Å². The van der Waals surface area contributed by atoms with Gasteiger partial charge in [0.2, 0.25) is 5.91 Å². The summed E-state index contributed by atoms with van der Waals surface area (Å²) < 4.78 is 37.8. The molecule has 0 heterocycles. The Hall–Kier alpha value is -1.27. The molecule has 1 atom stereocenters. The predicted molar refractivity (Wildman–Crippen MR) is 72.5 cm³/mol. The van der Waals surface area contributed by atoms with Gasteiger partial charge in [-0.25, -0.2) is 0 Å². The van der Waals surface area contributed by atoms with Gasteiger partial charge in [0.15, 0.2) is 0 Å². The fourth-order valence-electron chi connectivity index (χ4n) is 1.40. The molecule has 0 saturated heterocycles. The maximum Gasteiger partial charge on any atom is 0.416 e. The number of carbonyl (C=O) groups is 1. The number of hydrogen-bond donors (Lipinski definition) is 2. The van der Waals surface area contributed by atoms with Gasteiger partial charge in [-0.1, -0.05) is 32.4 Å². The molecule has 0 spiro atoms. The summed E-state index contributed by atoms with van der Waals surface area (Å²) in [6, 6.07) is 1.85. The van der Waals surface area contributed by atoms with Crippen LogP contribution in [0.15, 0.2) is 18.2 Å². The molecule has 0 aliphatic rings. The SMILES string of the molecule is CC(C)(C)[C@H](N)C(=O)Nc1cc(C(F)(F)F)ccc1Cl. The number of rotatable bonds is 2. The van der Waals surface area contributed by atoms with Gasteiger partial charge in [-0.05, 0) is 23.6 Å². The van der Waals surface area contributed by atoms with E-state index in [4.69, 9.17) is 17.3 Å². The zero-order valence-electron chi connectivity index (χ0n) is 11.3. The monoisotopic (exact) mass is 308 g/mol. The van der Waals surface area contributed by atoms with E-state index < -0.39 is 29.1 Å². The van der Waals surface area contributed by atoms with Crippen LogP contribution in [0.3, 0.4) is 0 Å². The molecule has 1 amide bonds. The van der Waals surface area contributed by atoms with Crippen molar-refractivity contribution in [3.05, 3.63) is 28.8 Å². The van der Waals surface area contributed by atoms with Crippen molar-refractivity contribution < 1.29 is 18.0 Å². The Bertz CT molecular complexity index is 509. The minimum Gasteiger partial charge on any atom is -0.323 e. The van der Waals surface area contributed by atoms with Crippen LogP contribution in [0.25, 0.3) is 0 Å². The minimum atomic E-state index is -4.50. The highest BCUT2D eigenvalue weighted by molar-refractivity contribution is 6.33. The molecule has 0 aromatic heterocycles. The average Bonchev–Trinajstić information content (AvgIpc) is 2.28. The maximum absolute atomic E-state index is 12.6. The van der Waals surface area contributed by atoms with Crippen LogP contribution in [0.2, 0.25) is 5.02 Å². The predicted octanol–water partition coefficient (Wildman–Crippen LogP) is 3.67. The zero-order valence-corrected chi connectivity index (χ0v) is 12.1. The van der Waals surface area contributed by atoms with E-state index in [1.807, 2.05) is 0 Å². The number of alkyl halides is 3. The van der Waals surface area contributed by atoms with Gasteiger partial charge in [0.05, 0.1) is 22.3 Å². The van der Waals surface area contributed by atoms with Crippen molar-refractivity contribution >= 4 is 23.2 Å². The molecule has 0 fully saturated rings. The molecule has 20 heavy (non-hydrogen) atoms. The summed E-state index contributed by atoms with van der Waals surface area (Å²) in [6.45, 7) is 5.26. The first-order valence-electron chi connectivity index (χ1n) is 5.86. The molecule has 0 unspecified atom stereocenters. The molecule has 1 aromatic carbocycles. The maximum atomic E-state index is 12.6. The number of carbonyl (C=O) groups excluding carboxylic acids is 1. The number of hydrogen-bond acceptors (Lipinski definition) is 2. The van der Waals surface area contributed by atoms with E-state index in [1.165, 1.54) is 0 Å². The first kappa shape index (κ1) is 16.8. The Morgan fingerprint density at radius 2 is 1.85 bits per heavy atom. The number of benzene rings is 1. The van der Waals surface area contributed by atoms with E-state index in [9.17, 15) is 18.0 Å². The van der Waals surface area contributed by atoms with Crippen LogP contribution in [0.4, 0.5) is 18.9 Å². The lowest BCUT2D eigenvalue weighted by atomic mass is 9.87. The second-order valence-electron chi connectivity index (χ2n) is 5.53. The third-order valence-electron chi connectivity index (χ3n) is 2.77. The second-order valence-corrected chi connectivity index (χ2v) is 5.93. The van der Waals surface area contributed by atoms with Crippen LogP contribution in [0.5, 0.6) is 0 Å². The first-order chi connectivity index (χ1) is 8.93. The van der Waals surface area contributed by atoms with Gasteiger partial charge >= 0.3 is 6.18 Å². The Balaban J connectivity index is 3.01. The highest BCUT2D eigenvalue weighted by Crippen LogP contribution is 2.34. The molecule has 0 aliphatic carbocycles. The summed E-state index contributed by atoms with van der Waals surface area (Å²) in [5.74, 6) is -0.585. The first-order valence-corrected chi connectivity index (χ1v) is 6.24. The number of anilines is 1. The van der Waals surface area contributed by atoms with Crippen molar-refractivity contribution in [2.24, 2.45) is 11.1 Å². The third kappa shape index (κ3) is 4.11. The van der Waals surface area contributed by atoms with Crippen molar-refractivity contribution in [3.8, 4) is 0 Å². The van der Waals surface area contributed by atoms with Crippen LogP contribution in [0.1, 0.15) is 26.3 Å². The molecular formula is C13H16ClF3N2O. The largest absolute Gasteiger partial charge is 0.416 e. The molecule has 7 heteroatoms. The van der Waals surface area contributed by atoms with Crippen molar-refractivity contribution in [2.75, 3.05) is 5.32 Å². The lowest BCUT2D eigenvalue weighted by Crippen LogP contribution is -2.45. The molecular weight excluding hydrogens is 293 g/mol. The number of amides is 1. The van der Waals surface area contributed by atoms with E-state index in [0.29, 0.717) is 0 Å². The number of halogens is 4.